The minimum atomic E-state index is -1.62. The van der Waals surface area contributed by atoms with Gasteiger partial charge in [-0.2, -0.15) is 0 Å². The van der Waals surface area contributed by atoms with Gasteiger partial charge in [-0.1, -0.05) is 28.1 Å². The molecule has 0 N–H and O–H groups in total. The van der Waals surface area contributed by atoms with Gasteiger partial charge in [0.05, 0.1) is 12.5 Å². The van der Waals surface area contributed by atoms with Crippen molar-refractivity contribution in [1.82, 2.24) is 4.90 Å². The first-order chi connectivity index (χ1) is 21.7. The van der Waals surface area contributed by atoms with Crippen LogP contribution in [-0.2, 0) is 35.0 Å². The van der Waals surface area contributed by atoms with Gasteiger partial charge in [-0.3, -0.25) is 19.3 Å². The summed E-state index contributed by atoms with van der Waals surface area (Å²) in [5.41, 5.74) is -0.190. The predicted octanol–water partition coefficient (Wildman–Crippen LogP) is 4.22. The maximum atomic E-state index is 13.3. The van der Waals surface area contributed by atoms with Gasteiger partial charge in [0, 0.05) is 31.0 Å². The average Bonchev–Trinajstić information content (AvgIpc) is 3.58. The standard InChI is InChI=1S/C33H30BrNO11/c1-18-15-24(36)44-23-16-21(9-10-22(18)23)43-30(40)42-17-32-12-13-33(46-32,26-25(32)27(37)35(4)28(26)38)45-20-7-5-19(6-8-20)11-14-41-29(39)31(2,3)34/h5-10,12-13,15-16,25-26H,11,14,17H2,1-4H3. The zero-order chi connectivity index (χ0) is 33.0. The number of ether oxygens (including phenoxy) is 5. The van der Waals surface area contributed by atoms with Crippen LogP contribution in [-0.4, -0.2) is 64.8 Å². The topological polar surface area (TPSA) is 148 Å². The van der Waals surface area contributed by atoms with Crippen molar-refractivity contribution < 1.29 is 47.3 Å². The third-order valence-corrected chi connectivity index (χ3v) is 8.61. The highest BCUT2D eigenvalue weighted by molar-refractivity contribution is 9.10. The number of hydrogen-bond acceptors (Lipinski definition) is 11. The lowest BCUT2D eigenvalue weighted by Crippen LogP contribution is -2.44. The first-order valence-electron chi connectivity index (χ1n) is 14.5. The van der Waals surface area contributed by atoms with Crippen molar-refractivity contribution in [1.29, 1.82) is 0 Å². The highest BCUT2D eigenvalue weighted by Crippen LogP contribution is 2.57. The lowest BCUT2D eigenvalue weighted by molar-refractivity contribution is -0.182. The molecule has 2 fully saturated rings. The van der Waals surface area contributed by atoms with Crippen LogP contribution in [0.5, 0.6) is 11.5 Å². The van der Waals surface area contributed by atoms with Gasteiger partial charge in [-0.15, -0.1) is 0 Å². The van der Waals surface area contributed by atoms with Gasteiger partial charge in [0.2, 0.25) is 17.6 Å². The van der Waals surface area contributed by atoms with Crippen LogP contribution in [0.4, 0.5) is 4.79 Å². The largest absolute Gasteiger partial charge is 0.513 e. The number of alkyl halides is 1. The number of imide groups is 1. The van der Waals surface area contributed by atoms with Crippen molar-refractivity contribution in [3.63, 3.8) is 0 Å². The molecule has 0 aliphatic carbocycles. The number of likely N-dealkylation sites (tertiary alicyclic amines) is 1. The smallest absolute Gasteiger partial charge is 0.464 e. The van der Waals surface area contributed by atoms with Crippen LogP contribution in [0, 0.1) is 18.8 Å². The maximum Gasteiger partial charge on any atom is 0.513 e. The van der Waals surface area contributed by atoms with Crippen LogP contribution in [0.25, 0.3) is 11.0 Å². The quantitative estimate of drug-likeness (QED) is 0.0791. The lowest BCUT2D eigenvalue weighted by atomic mass is 9.76. The number of rotatable bonds is 9. The van der Waals surface area contributed by atoms with Crippen molar-refractivity contribution in [2.24, 2.45) is 11.8 Å². The molecule has 3 aromatic rings. The predicted molar refractivity (Wildman–Crippen MR) is 164 cm³/mol. The summed E-state index contributed by atoms with van der Waals surface area (Å²) in [6.45, 7) is 4.92. The van der Waals surface area contributed by atoms with E-state index < -0.39 is 57.8 Å². The summed E-state index contributed by atoms with van der Waals surface area (Å²) in [6.07, 6.45) is 2.53. The molecule has 6 rings (SSSR count). The van der Waals surface area contributed by atoms with Gasteiger partial charge >= 0.3 is 17.8 Å². The Morgan fingerprint density at radius 3 is 2.37 bits per heavy atom. The van der Waals surface area contributed by atoms with Crippen LogP contribution < -0.4 is 15.1 Å². The average molecular weight is 697 g/mol. The van der Waals surface area contributed by atoms with E-state index in [-0.39, 0.29) is 23.9 Å². The minimum Gasteiger partial charge on any atom is -0.464 e. The fourth-order valence-electron chi connectivity index (χ4n) is 5.96. The van der Waals surface area contributed by atoms with E-state index in [9.17, 15) is 24.0 Å². The molecule has 0 radical (unpaired) electrons. The molecule has 4 heterocycles. The third kappa shape index (κ3) is 5.58. The summed E-state index contributed by atoms with van der Waals surface area (Å²) >= 11 is 3.27. The second-order valence-corrected chi connectivity index (χ2v) is 13.9. The Labute approximate surface area is 271 Å². The molecule has 0 spiro atoms. The summed E-state index contributed by atoms with van der Waals surface area (Å²) in [4.78, 5) is 64.0. The number of aryl methyl sites for hydroxylation is 1. The van der Waals surface area contributed by atoms with Crippen molar-refractivity contribution in [3.05, 3.63) is 82.2 Å². The van der Waals surface area contributed by atoms with E-state index in [4.69, 9.17) is 28.1 Å². The van der Waals surface area contributed by atoms with Crippen molar-refractivity contribution in [3.8, 4) is 11.5 Å². The maximum absolute atomic E-state index is 13.3. The number of hydrogen-bond donors (Lipinski definition) is 0. The summed E-state index contributed by atoms with van der Waals surface area (Å²) in [5.74, 6) is -4.54. The Kier molecular flexibility index (Phi) is 7.80. The van der Waals surface area contributed by atoms with E-state index in [1.54, 1.807) is 63.3 Å². The van der Waals surface area contributed by atoms with Crippen molar-refractivity contribution >= 4 is 50.8 Å². The van der Waals surface area contributed by atoms with E-state index in [0.29, 0.717) is 23.1 Å². The summed E-state index contributed by atoms with van der Waals surface area (Å²) in [5, 5.41) is 0.681. The Hall–Kier alpha value is -4.49. The Balaban J connectivity index is 1.14. The van der Waals surface area contributed by atoms with Crippen LogP contribution in [0.2, 0.25) is 0 Å². The van der Waals surface area contributed by atoms with E-state index in [1.807, 2.05) is 0 Å². The van der Waals surface area contributed by atoms with Gasteiger partial charge in [-0.05, 0) is 68.3 Å². The lowest BCUT2D eigenvalue weighted by Gasteiger charge is -2.29. The molecule has 4 atom stereocenters. The molecular weight excluding hydrogens is 666 g/mol. The van der Waals surface area contributed by atoms with Gasteiger partial charge < -0.3 is 28.1 Å². The summed E-state index contributed by atoms with van der Waals surface area (Å²) < 4.78 is 33.0. The monoisotopic (exact) mass is 695 g/mol. The van der Waals surface area contributed by atoms with Crippen molar-refractivity contribution in [2.75, 3.05) is 20.3 Å². The van der Waals surface area contributed by atoms with Gasteiger partial charge in [-0.25, -0.2) is 9.59 Å². The Morgan fingerprint density at radius 1 is 0.957 bits per heavy atom. The number of amides is 2. The second kappa shape index (κ2) is 11.4. The first-order valence-corrected chi connectivity index (χ1v) is 15.3. The molecule has 1 aromatic heterocycles. The normalized spacial score (nSPS) is 24.8. The fourth-order valence-corrected chi connectivity index (χ4v) is 6.07. The molecule has 2 bridgehead atoms. The summed E-state index contributed by atoms with van der Waals surface area (Å²) in [6, 6.07) is 12.9. The molecule has 12 nitrogen and oxygen atoms in total. The zero-order valence-corrected chi connectivity index (χ0v) is 27.0. The molecule has 240 valence electrons. The molecule has 46 heavy (non-hydrogen) atoms. The van der Waals surface area contributed by atoms with E-state index in [0.717, 1.165) is 10.5 Å². The second-order valence-electron chi connectivity index (χ2n) is 12.0. The Bertz CT molecular complexity index is 1840. The number of fused-ring (bicyclic) bond motifs is 6. The fraction of sp³-hybridized carbons (Fsp3) is 0.364. The summed E-state index contributed by atoms with van der Waals surface area (Å²) in [7, 11) is 1.39. The number of carbonyl (C=O) groups is 4. The van der Waals surface area contributed by atoms with E-state index >= 15 is 0 Å². The Morgan fingerprint density at radius 2 is 1.65 bits per heavy atom. The molecule has 2 saturated heterocycles. The first kappa shape index (κ1) is 31.5. The molecule has 3 aliphatic rings. The molecule has 2 aromatic carbocycles. The minimum absolute atomic E-state index is 0.0778. The molecule has 4 unspecified atom stereocenters. The van der Waals surface area contributed by atoms with Crippen LogP contribution in [0.3, 0.4) is 0 Å². The van der Waals surface area contributed by atoms with Crippen molar-refractivity contribution in [2.45, 2.75) is 42.9 Å². The molecule has 13 heteroatoms. The third-order valence-electron chi connectivity index (χ3n) is 8.28. The molecule has 2 amide bonds. The number of carbonyl (C=O) groups excluding carboxylic acids is 4. The van der Waals surface area contributed by atoms with Crippen LogP contribution in [0.1, 0.15) is 25.0 Å². The number of esters is 1. The van der Waals surface area contributed by atoms with E-state index in [1.165, 1.54) is 25.2 Å². The zero-order valence-electron chi connectivity index (χ0n) is 25.4. The number of nitrogens with zero attached hydrogens (tertiary/aromatic N) is 1. The highest BCUT2D eigenvalue weighted by atomic mass is 79.9. The van der Waals surface area contributed by atoms with Crippen LogP contribution >= 0.6 is 15.9 Å². The van der Waals surface area contributed by atoms with Gasteiger partial charge in [0.1, 0.15) is 39.5 Å². The number of halogens is 1. The molecule has 3 aliphatic heterocycles. The highest BCUT2D eigenvalue weighted by Gasteiger charge is 2.75. The van der Waals surface area contributed by atoms with Crippen LogP contribution in [0.15, 0.2) is 69.9 Å². The van der Waals surface area contributed by atoms with Gasteiger partial charge in [0.25, 0.3) is 0 Å². The SMILES string of the molecule is Cc1cc(=O)oc2cc(OC(=O)OCC34C=CC(Oc5ccc(CCOC(=O)C(C)(C)Br)cc5)(O3)C3C(=O)N(C)C(=O)C34)ccc12. The molecule has 0 saturated carbocycles. The molecular formula is C33H30BrNO11. The van der Waals surface area contributed by atoms with Gasteiger partial charge in [0.15, 0.2) is 0 Å². The van der Waals surface area contributed by atoms with E-state index in [2.05, 4.69) is 15.9 Å². The number of benzene rings is 2.